The molecule has 0 bridgehead atoms. The molecule has 2 saturated carbocycles. The molecule has 4 fully saturated rings. The second-order valence-corrected chi connectivity index (χ2v) is 18.2. The van der Waals surface area contributed by atoms with E-state index in [4.69, 9.17) is 0 Å². The van der Waals surface area contributed by atoms with Crippen LogP contribution in [-0.2, 0) is 24.0 Å². The summed E-state index contributed by atoms with van der Waals surface area (Å²) in [7, 11) is 0. The first-order valence-corrected chi connectivity index (χ1v) is 21.8. The molecule has 3 heterocycles. The van der Waals surface area contributed by atoms with E-state index in [1.54, 1.807) is 44.3 Å². The lowest BCUT2D eigenvalue weighted by molar-refractivity contribution is -0.144. The maximum absolute atomic E-state index is 14.2. The monoisotopic (exact) mass is 791 g/mol. The molecule has 0 radical (unpaired) electrons. The predicted molar refractivity (Wildman–Crippen MR) is 217 cm³/mol. The summed E-state index contributed by atoms with van der Waals surface area (Å²) in [6.45, 7) is 15.0. The van der Waals surface area contributed by atoms with Crippen molar-refractivity contribution < 1.29 is 28.8 Å². The lowest BCUT2D eigenvalue weighted by Gasteiger charge is -2.36. The fourth-order valence-corrected chi connectivity index (χ4v) is 9.29. The number of hydrogen-bond donors (Lipinski definition) is 4. The van der Waals surface area contributed by atoms with Crippen molar-refractivity contribution in [3.8, 4) is 0 Å². The summed E-state index contributed by atoms with van der Waals surface area (Å²) in [5, 5.41) is 10.5. The summed E-state index contributed by atoms with van der Waals surface area (Å²) in [5.74, 6) is -1.80. The van der Waals surface area contributed by atoms with Crippen LogP contribution in [0.5, 0.6) is 0 Å². The van der Waals surface area contributed by atoms with Crippen molar-refractivity contribution in [1.82, 2.24) is 36.1 Å². The van der Waals surface area contributed by atoms with Gasteiger partial charge in [-0.25, -0.2) is 4.98 Å². The van der Waals surface area contributed by atoms with Crippen LogP contribution in [0.15, 0.2) is 18.6 Å². The van der Waals surface area contributed by atoms with Crippen LogP contribution >= 0.6 is 23.5 Å². The number of carbonyl (C=O) groups is 6. The van der Waals surface area contributed by atoms with Crippen LogP contribution in [0, 0.1) is 5.41 Å². The molecule has 15 heteroatoms. The quantitative estimate of drug-likeness (QED) is 0.235. The minimum atomic E-state index is -1.07. The molecule has 54 heavy (non-hydrogen) atoms. The van der Waals surface area contributed by atoms with Crippen molar-refractivity contribution in [3.05, 3.63) is 24.3 Å². The summed E-state index contributed by atoms with van der Waals surface area (Å²) in [4.78, 5) is 87.2. The Kier molecular flexibility index (Phi) is 20.6. The summed E-state index contributed by atoms with van der Waals surface area (Å²) < 4.78 is -0.399. The number of amides is 5. The van der Waals surface area contributed by atoms with Crippen molar-refractivity contribution >= 4 is 58.8 Å². The van der Waals surface area contributed by atoms with Crippen LogP contribution in [0.4, 0.5) is 0 Å². The number of ketones is 1. The number of hydrogen-bond acceptors (Lipinski definition) is 10. The van der Waals surface area contributed by atoms with Crippen LogP contribution in [0.2, 0.25) is 0 Å². The molecule has 304 valence electrons. The third-order valence-electron chi connectivity index (χ3n) is 8.91. The zero-order chi connectivity index (χ0) is 40.3. The minimum absolute atomic E-state index is 0.00684. The highest BCUT2D eigenvalue weighted by atomic mass is 32.2. The van der Waals surface area contributed by atoms with Gasteiger partial charge in [0.2, 0.25) is 23.5 Å². The van der Waals surface area contributed by atoms with E-state index in [1.807, 2.05) is 13.8 Å². The Labute approximate surface area is 331 Å². The number of Topliss-reactive ketones (excluding diaryl/α,β-unsaturated/α-hetero) is 1. The van der Waals surface area contributed by atoms with Crippen LogP contribution in [-0.4, -0.2) is 103 Å². The molecule has 3 unspecified atom stereocenters. The molecule has 2 saturated heterocycles. The van der Waals surface area contributed by atoms with Crippen molar-refractivity contribution in [2.75, 3.05) is 24.6 Å². The number of carbonyl (C=O) groups excluding carboxylic acids is 6. The number of likely N-dealkylation sites (tertiary alicyclic amines) is 1. The topological polar surface area (TPSA) is 180 Å². The van der Waals surface area contributed by atoms with Crippen molar-refractivity contribution in [1.29, 1.82) is 0 Å². The van der Waals surface area contributed by atoms with Crippen LogP contribution in [0.1, 0.15) is 137 Å². The van der Waals surface area contributed by atoms with E-state index < -0.39 is 69.5 Å². The molecule has 4 aliphatic rings. The third kappa shape index (κ3) is 15.5. The lowest BCUT2D eigenvalue weighted by atomic mass is 9.85. The van der Waals surface area contributed by atoms with Gasteiger partial charge in [0.15, 0.2) is 0 Å². The maximum Gasteiger partial charge on any atom is 0.289 e. The Morgan fingerprint density at radius 1 is 0.907 bits per heavy atom. The van der Waals surface area contributed by atoms with E-state index in [1.165, 1.54) is 75.4 Å². The van der Waals surface area contributed by atoms with Gasteiger partial charge in [0, 0.05) is 31.4 Å². The van der Waals surface area contributed by atoms with E-state index in [-0.39, 0.29) is 18.3 Å². The van der Waals surface area contributed by atoms with Gasteiger partial charge in [0.05, 0.1) is 22.9 Å². The lowest BCUT2D eigenvalue weighted by Crippen LogP contribution is -2.59. The highest BCUT2D eigenvalue weighted by Gasteiger charge is 2.52. The third-order valence-corrected chi connectivity index (χ3v) is 12.2. The largest absolute Gasteiger partial charge is 0.347 e. The fraction of sp³-hybridized carbons (Fsp3) is 0.744. The highest BCUT2D eigenvalue weighted by molar-refractivity contribution is 8.18. The highest BCUT2D eigenvalue weighted by Crippen LogP contribution is 2.50. The molecule has 5 amide bonds. The molecular formula is C39H65N7O6S2. The van der Waals surface area contributed by atoms with Gasteiger partial charge in [-0.05, 0) is 43.1 Å². The molecular weight excluding hydrogens is 727 g/mol. The van der Waals surface area contributed by atoms with Gasteiger partial charge in [0.25, 0.3) is 11.8 Å². The Morgan fingerprint density at radius 2 is 1.48 bits per heavy atom. The second kappa shape index (κ2) is 23.7. The van der Waals surface area contributed by atoms with Gasteiger partial charge in [-0.15, -0.1) is 23.5 Å². The van der Waals surface area contributed by atoms with Crippen LogP contribution in [0.3, 0.4) is 0 Å². The summed E-state index contributed by atoms with van der Waals surface area (Å²) in [6.07, 6.45) is 17.4. The Morgan fingerprint density at radius 3 is 1.98 bits per heavy atom. The SMILES string of the molecule is C1CCCCC1.CC.CC(NC(=O)C1CC2(CN1C(=O)C(NC(=O)CNC(=O)c1cnccn1)C(C)(C)C)SCCCS2)C(=O)C(=O)NC1CC1.CCC. The minimum Gasteiger partial charge on any atom is -0.347 e. The van der Waals surface area contributed by atoms with E-state index in [0.29, 0.717) is 6.42 Å². The first-order valence-electron chi connectivity index (χ1n) is 19.8. The number of nitrogens with zero attached hydrogens (tertiary/aromatic N) is 3. The Hall–Kier alpha value is -3.20. The van der Waals surface area contributed by atoms with Gasteiger partial charge in [-0.1, -0.05) is 93.4 Å². The Bertz CT molecular complexity index is 1350. The molecule has 2 aliphatic carbocycles. The zero-order valence-electron chi connectivity index (χ0n) is 33.8. The van der Waals surface area contributed by atoms with Gasteiger partial charge >= 0.3 is 0 Å². The molecule has 4 N–H and O–H groups in total. The Balaban J connectivity index is 0.000000800. The molecule has 2 aliphatic heterocycles. The second-order valence-electron chi connectivity index (χ2n) is 15.0. The van der Waals surface area contributed by atoms with E-state index in [2.05, 4.69) is 45.1 Å². The first-order chi connectivity index (χ1) is 25.7. The molecule has 5 rings (SSSR count). The first kappa shape index (κ1) is 47.0. The molecule has 1 aromatic heterocycles. The number of thioether (sulfide) groups is 2. The average molecular weight is 792 g/mol. The average Bonchev–Trinajstić information content (AvgIpc) is 3.92. The number of rotatable bonds is 10. The van der Waals surface area contributed by atoms with Gasteiger partial charge in [-0.3, -0.25) is 33.8 Å². The molecule has 3 atom stereocenters. The molecule has 0 aromatic carbocycles. The summed E-state index contributed by atoms with van der Waals surface area (Å²) in [5.41, 5.74) is -0.690. The van der Waals surface area contributed by atoms with Crippen LogP contribution < -0.4 is 21.3 Å². The fourth-order valence-electron chi connectivity index (χ4n) is 5.94. The number of nitrogens with one attached hydrogen (secondary N) is 4. The van der Waals surface area contributed by atoms with Gasteiger partial charge in [-0.2, -0.15) is 0 Å². The zero-order valence-corrected chi connectivity index (χ0v) is 35.4. The van der Waals surface area contributed by atoms with E-state index in [0.717, 1.165) is 30.8 Å². The van der Waals surface area contributed by atoms with E-state index in [9.17, 15) is 28.8 Å². The van der Waals surface area contributed by atoms with Crippen molar-refractivity contribution in [2.45, 2.75) is 154 Å². The van der Waals surface area contributed by atoms with Crippen molar-refractivity contribution in [3.63, 3.8) is 0 Å². The number of aromatic nitrogens is 2. The summed E-state index contributed by atoms with van der Waals surface area (Å²) >= 11 is 3.43. The van der Waals surface area contributed by atoms with Crippen LogP contribution in [0.25, 0.3) is 0 Å². The normalized spacial score (nSPS) is 19.8. The van der Waals surface area contributed by atoms with E-state index >= 15 is 0 Å². The molecule has 13 nitrogen and oxygen atoms in total. The standard InChI is InChI=1S/C28H39N7O6S2.C6H12.C3H8.C2H6/c1-16(21(37)25(40)33-17-6-7-17)32-24(39)19-12-28(42-10-5-11-43-28)15-35(19)26(41)22(27(2,3)4)34-20(36)14-31-23(38)18-13-29-8-9-30-18;1-2-4-6-5-3-1;1-3-2;1-2/h8-9,13,16-17,19,22H,5-7,10-12,14-15H2,1-4H3,(H,31,38)(H,32,39)(H,33,40)(H,34,36);1-6H2;3H2,1-2H3;1-2H3. The summed E-state index contributed by atoms with van der Waals surface area (Å²) in [6, 6.07) is -2.97. The molecule has 1 aromatic rings. The van der Waals surface area contributed by atoms with Gasteiger partial charge < -0.3 is 26.2 Å². The smallest absolute Gasteiger partial charge is 0.289 e. The van der Waals surface area contributed by atoms with Crippen molar-refractivity contribution in [2.24, 2.45) is 5.41 Å². The predicted octanol–water partition coefficient (Wildman–Crippen LogP) is 5.04. The molecule has 1 spiro atoms. The maximum atomic E-state index is 14.2. The van der Waals surface area contributed by atoms with Gasteiger partial charge in [0.1, 0.15) is 17.8 Å².